The van der Waals surface area contributed by atoms with E-state index in [1.807, 2.05) is 0 Å². The zero-order valence-corrected chi connectivity index (χ0v) is 13.2. The van der Waals surface area contributed by atoms with Crippen LogP contribution in [-0.4, -0.2) is 37.6 Å². The number of anilines is 1. The molecule has 3 heterocycles. The molecule has 0 spiro atoms. The van der Waals surface area contributed by atoms with Crippen molar-refractivity contribution in [3.8, 4) is 5.75 Å². The number of piperidine rings is 3. The molecule has 3 aliphatic rings. The number of benzene rings is 1. The summed E-state index contributed by atoms with van der Waals surface area (Å²) >= 11 is 6.21. The second-order valence-electron chi connectivity index (χ2n) is 5.99. The molecule has 0 aliphatic carbocycles. The maximum absolute atomic E-state index is 11.9. The first-order valence-electron chi connectivity index (χ1n) is 7.44. The van der Waals surface area contributed by atoms with Gasteiger partial charge in [0, 0.05) is 18.0 Å². The number of fused-ring (bicyclic) bond motifs is 3. The molecule has 1 amide bonds. The van der Waals surface area contributed by atoms with Crippen LogP contribution in [0.25, 0.3) is 0 Å². The third-order valence-electron chi connectivity index (χ3n) is 4.91. The number of quaternary nitrogens is 1. The minimum absolute atomic E-state index is 0.189. The van der Waals surface area contributed by atoms with Crippen LogP contribution >= 0.6 is 11.6 Å². The van der Waals surface area contributed by atoms with Gasteiger partial charge in [0.25, 0.3) is 0 Å². The number of nitrogens with two attached hydrogens (primary N) is 2. The Morgan fingerprint density at radius 3 is 2.68 bits per heavy atom. The number of rotatable bonds is 3. The van der Waals surface area contributed by atoms with E-state index in [1.54, 1.807) is 0 Å². The van der Waals surface area contributed by atoms with Gasteiger partial charge in [-0.3, -0.25) is 0 Å². The first kappa shape index (κ1) is 15.6. The van der Waals surface area contributed by atoms with Gasteiger partial charge in [0.1, 0.15) is 11.3 Å². The molecule has 7 heteroatoms. The summed E-state index contributed by atoms with van der Waals surface area (Å²) in [6.07, 6.45) is 2.22. The molecule has 3 saturated heterocycles. The highest BCUT2D eigenvalue weighted by molar-refractivity contribution is 6.33. The maximum atomic E-state index is 11.9. The molecule has 1 atom stereocenters. The van der Waals surface area contributed by atoms with Gasteiger partial charge >= 0.3 is 5.91 Å². The number of primary amides is 1. The zero-order valence-electron chi connectivity index (χ0n) is 12.5. The number of nitrogen functional groups attached to an aromatic ring is 1. The van der Waals surface area contributed by atoms with Crippen molar-refractivity contribution in [2.75, 3.05) is 32.5 Å². The largest absolute Gasteiger partial charge is 0.628 e. The predicted octanol–water partition coefficient (Wildman–Crippen LogP) is 0.941. The average Bonchev–Trinajstić information content (AvgIpc) is 2.56. The number of hydrogen-bond donors (Lipinski definition) is 2. The van der Waals surface area contributed by atoms with Gasteiger partial charge in [-0.1, -0.05) is 11.6 Å². The Morgan fingerprint density at radius 1 is 1.50 bits per heavy atom. The Morgan fingerprint density at radius 2 is 2.18 bits per heavy atom. The number of carbonyl (C=O) groups excluding carboxylic acids is 1. The normalized spacial score (nSPS) is 27.0. The Bertz CT molecular complexity index is 600. The molecule has 22 heavy (non-hydrogen) atoms. The molecule has 4 N–H and O–H groups in total. The lowest BCUT2D eigenvalue weighted by molar-refractivity contribution is -0.482. The molecule has 4 rings (SSSR count). The second kappa shape index (κ2) is 6.04. The number of hydrogen-bond acceptors (Lipinski definition) is 5. The van der Waals surface area contributed by atoms with E-state index in [4.69, 9.17) is 22.1 Å². The highest BCUT2D eigenvalue weighted by Gasteiger charge is 2.39. The number of ether oxygens (including phenoxy) is 1. The number of nitrogens with zero attached hydrogens (tertiary/aromatic N) is 1. The summed E-state index contributed by atoms with van der Waals surface area (Å²) in [6.45, 7) is 3.09. The lowest BCUT2D eigenvalue weighted by Crippen LogP contribution is -2.81. The Hall–Kier alpha value is -1.34. The van der Waals surface area contributed by atoms with Crippen LogP contribution in [0.3, 0.4) is 0 Å². The second-order valence-corrected chi connectivity index (χ2v) is 6.40. The summed E-state index contributed by atoms with van der Waals surface area (Å²) < 4.78 is 5.46. The average molecular weight is 326 g/mol. The molecule has 6 nitrogen and oxygen atoms in total. The first-order chi connectivity index (χ1) is 10.6. The third-order valence-corrected chi connectivity index (χ3v) is 5.22. The lowest BCUT2D eigenvalue weighted by atomic mass is 9.74. The molecule has 120 valence electrons. The van der Waals surface area contributed by atoms with Gasteiger partial charge in [-0.2, -0.15) is 0 Å². The van der Waals surface area contributed by atoms with E-state index >= 15 is 0 Å². The molecule has 3 fully saturated rings. The van der Waals surface area contributed by atoms with Crippen LogP contribution in [0, 0.1) is 11.1 Å². The van der Waals surface area contributed by atoms with Gasteiger partial charge < -0.3 is 26.1 Å². The summed E-state index contributed by atoms with van der Waals surface area (Å²) in [5.74, 6) is 0.465. The number of methoxy groups -OCH3 is 1. The van der Waals surface area contributed by atoms with Crippen LogP contribution in [0.4, 0.5) is 5.69 Å². The summed E-state index contributed by atoms with van der Waals surface area (Å²) in [7, 11) is 1.50. The molecule has 1 aromatic carbocycles. The van der Waals surface area contributed by atoms with Crippen molar-refractivity contribution in [1.82, 2.24) is 4.90 Å². The van der Waals surface area contributed by atoms with E-state index in [9.17, 15) is 10.0 Å². The molecule has 0 aromatic heterocycles. The summed E-state index contributed by atoms with van der Waals surface area (Å²) in [4.78, 5) is 14.3. The minimum Gasteiger partial charge on any atom is -0.628 e. The number of halogens is 1. The van der Waals surface area contributed by atoms with E-state index in [0.717, 1.165) is 38.0 Å². The molecule has 1 aromatic rings. The molecule has 1 unspecified atom stereocenters. The quantitative estimate of drug-likeness (QED) is 0.637. The van der Waals surface area contributed by atoms with Crippen LogP contribution in [0.2, 0.25) is 5.02 Å². The lowest BCUT2D eigenvalue weighted by Gasteiger charge is -2.45. The fourth-order valence-corrected chi connectivity index (χ4v) is 4.00. The summed E-state index contributed by atoms with van der Waals surface area (Å²) in [5, 5.41) is 11.2. The van der Waals surface area contributed by atoms with Crippen LogP contribution in [0.5, 0.6) is 5.75 Å². The van der Waals surface area contributed by atoms with E-state index in [0.29, 0.717) is 22.4 Å². The number of carbonyl (C=O) groups is 1. The van der Waals surface area contributed by atoms with Crippen LogP contribution < -0.4 is 16.0 Å². The van der Waals surface area contributed by atoms with Crippen LogP contribution in [0.15, 0.2) is 6.07 Å². The monoisotopic (exact) mass is 325 g/mol. The van der Waals surface area contributed by atoms with Crippen molar-refractivity contribution in [3.05, 3.63) is 27.4 Å². The van der Waals surface area contributed by atoms with Crippen molar-refractivity contribution in [2.24, 2.45) is 5.92 Å². The predicted molar refractivity (Wildman–Crippen MR) is 83.9 cm³/mol. The fourth-order valence-electron chi connectivity index (χ4n) is 3.79. The first-order valence-corrected chi connectivity index (χ1v) is 7.82. The van der Waals surface area contributed by atoms with Gasteiger partial charge in [0.15, 0.2) is 0 Å². The smallest absolute Gasteiger partial charge is 0.346 e. The molecular formula is C15H20ClN3O3. The van der Waals surface area contributed by atoms with Crippen molar-refractivity contribution in [3.63, 3.8) is 0 Å². The maximum Gasteiger partial charge on any atom is 0.346 e. The Balaban J connectivity index is 2.13. The molecule has 2 bridgehead atoms. The molecule has 3 aliphatic heterocycles. The standard InChI is InChI=1S/C15H20ClN3O3/c1-22-14-9(15(20)18-21)6-11(16)13(17)12(14)10-7-19-4-2-8(10)3-5-19/h6,8,10H,2-5,7,17-18H2,1H3. The molecule has 0 radical (unpaired) electrons. The van der Waals surface area contributed by atoms with Crippen molar-refractivity contribution in [1.29, 1.82) is 0 Å². The van der Waals surface area contributed by atoms with Crippen molar-refractivity contribution < 1.29 is 15.0 Å². The van der Waals surface area contributed by atoms with Gasteiger partial charge in [-0.25, -0.2) is 4.79 Å². The van der Waals surface area contributed by atoms with E-state index < -0.39 is 5.91 Å². The minimum atomic E-state index is -0.638. The molecular weight excluding hydrogens is 306 g/mol. The summed E-state index contributed by atoms with van der Waals surface area (Å²) in [6, 6.07) is 1.43. The fraction of sp³-hybridized carbons (Fsp3) is 0.533. The zero-order chi connectivity index (χ0) is 15.9. The van der Waals surface area contributed by atoms with Gasteiger partial charge in [0.05, 0.1) is 17.8 Å². The van der Waals surface area contributed by atoms with Crippen LogP contribution in [0.1, 0.15) is 34.7 Å². The van der Waals surface area contributed by atoms with Gasteiger partial charge in [-0.15, -0.1) is 0 Å². The van der Waals surface area contributed by atoms with Crippen molar-refractivity contribution in [2.45, 2.75) is 18.8 Å². The van der Waals surface area contributed by atoms with Crippen LogP contribution in [-0.2, 0) is 0 Å². The number of amides is 1. The van der Waals surface area contributed by atoms with E-state index in [1.165, 1.54) is 13.2 Å². The van der Waals surface area contributed by atoms with E-state index in [-0.39, 0.29) is 17.0 Å². The number of hydroxylamine groups is 1. The van der Waals surface area contributed by atoms with Crippen molar-refractivity contribution >= 4 is 23.2 Å². The SMILES string of the molecule is COc1c(C(=O)[NH2+][O-])cc(Cl)c(N)c1C1CN2CCC1CC2. The Labute approximate surface area is 134 Å². The summed E-state index contributed by atoms with van der Waals surface area (Å²) in [5.41, 5.74) is 7.93. The molecule has 0 saturated carbocycles. The van der Waals surface area contributed by atoms with Gasteiger partial charge in [0.2, 0.25) is 0 Å². The highest BCUT2D eigenvalue weighted by atomic mass is 35.5. The third kappa shape index (κ3) is 2.46. The van der Waals surface area contributed by atoms with Gasteiger partial charge in [-0.05, 0) is 37.9 Å². The topological polar surface area (TPSA) is 95.2 Å². The van der Waals surface area contributed by atoms with E-state index in [2.05, 4.69) is 4.90 Å². The Kier molecular flexibility index (Phi) is 4.27. The highest BCUT2D eigenvalue weighted by Crippen LogP contribution is 2.47.